The van der Waals surface area contributed by atoms with Gasteiger partial charge < -0.3 is 4.90 Å². The van der Waals surface area contributed by atoms with Crippen molar-refractivity contribution in [3.63, 3.8) is 0 Å². The normalized spacial score (nSPS) is 20.7. The third-order valence-corrected chi connectivity index (χ3v) is 4.80. The van der Waals surface area contributed by atoms with Crippen molar-refractivity contribution in [1.29, 1.82) is 0 Å². The molecule has 0 N–H and O–H groups in total. The Balaban J connectivity index is 1.99. The molecule has 1 fully saturated rings. The Morgan fingerprint density at radius 2 is 1.95 bits per heavy atom. The Kier molecular flexibility index (Phi) is 5.25. The van der Waals surface area contributed by atoms with E-state index in [1.807, 2.05) is 4.90 Å². The molecule has 1 heterocycles. The summed E-state index contributed by atoms with van der Waals surface area (Å²) in [6.07, 6.45) is 2.92. The fraction of sp³-hybridized carbons (Fsp3) is 0.562. The monoisotopic (exact) mass is 371 g/mol. The number of carbonyl (C=O) groups is 1. The highest BCUT2D eigenvalue weighted by Gasteiger charge is 2.24. The zero-order valence-corrected chi connectivity index (χ0v) is 13.9. The second-order valence-corrected chi connectivity index (χ2v) is 7.02. The third-order valence-electron chi connectivity index (χ3n) is 4.08. The molecule has 2 nitrogen and oxygen atoms in total. The Labute approximate surface area is 129 Å². The molecule has 0 bridgehead atoms. The summed E-state index contributed by atoms with van der Waals surface area (Å²) in [5.74, 6) is 1.71. The number of rotatable bonds is 3. The lowest BCUT2D eigenvalue weighted by molar-refractivity contribution is -0.131. The highest BCUT2D eigenvalue weighted by Crippen LogP contribution is 2.26. The summed E-state index contributed by atoms with van der Waals surface area (Å²) in [6.45, 7) is 6.21. The molecule has 1 amide bonds. The lowest BCUT2D eigenvalue weighted by atomic mass is 9.89. The van der Waals surface area contributed by atoms with E-state index >= 15 is 0 Å². The van der Waals surface area contributed by atoms with Crippen LogP contribution in [0.3, 0.4) is 0 Å². The van der Waals surface area contributed by atoms with Crippen LogP contribution in [-0.4, -0.2) is 17.4 Å². The summed E-state index contributed by atoms with van der Waals surface area (Å²) in [7, 11) is 0. The maximum atomic E-state index is 12.2. The molecule has 19 heavy (non-hydrogen) atoms. The molecular formula is C16H22INO. The fourth-order valence-electron chi connectivity index (χ4n) is 2.70. The summed E-state index contributed by atoms with van der Waals surface area (Å²) in [5, 5.41) is 0. The maximum Gasteiger partial charge on any atom is 0.222 e. The Bertz CT molecular complexity index is 427. The average molecular weight is 371 g/mol. The van der Waals surface area contributed by atoms with E-state index in [1.165, 1.54) is 9.13 Å². The Morgan fingerprint density at radius 1 is 1.26 bits per heavy atom. The fourth-order valence-corrected chi connectivity index (χ4v) is 3.06. The molecule has 1 unspecified atom stereocenters. The summed E-state index contributed by atoms with van der Waals surface area (Å²) in [4.78, 5) is 14.2. The van der Waals surface area contributed by atoms with Crippen LogP contribution in [0.25, 0.3) is 0 Å². The molecule has 0 radical (unpaired) electrons. The molecule has 0 saturated carbocycles. The highest BCUT2D eigenvalue weighted by atomic mass is 127. The van der Waals surface area contributed by atoms with Gasteiger partial charge in [-0.05, 0) is 65.0 Å². The SMILES string of the molecule is CC(C)C1CCC(=O)N(Cc2ccc(I)cc2)CC1. The predicted molar refractivity (Wildman–Crippen MR) is 86.8 cm³/mol. The topological polar surface area (TPSA) is 20.3 Å². The molecule has 0 aromatic heterocycles. The highest BCUT2D eigenvalue weighted by molar-refractivity contribution is 14.1. The number of hydrogen-bond donors (Lipinski definition) is 0. The minimum atomic E-state index is 0.321. The van der Waals surface area contributed by atoms with Gasteiger partial charge in [-0.25, -0.2) is 0 Å². The molecule has 1 saturated heterocycles. The minimum Gasteiger partial charge on any atom is -0.338 e. The van der Waals surface area contributed by atoms with Crippen LogP contribution in [0, 0.1) is 15.4 Å². The summed E-state index contributed by atoms with van der Waals surface area (Å²) in [6, 6.07) is 8.46. The molecule has 1 aromatic rings. The lowest BCUT2D eigenvalue weighted by Gasteiger charge is -2.22. The van der Waals surface area contributed by atoms with Crippen molar-refractivity contribution >= 4 is 28.5 Å². The molecular weight excluding hydrogens is 349 g/mol. The Morgan fingerprint density at radius 3 is 2.58 bits per heavy atom. The van der Waals surface area contributed by atoms with Crippen LogP contribution >= 0.6 is 22.6 Å². The van der Waals surface area contributed by atoms with Crippen LogP contribution in [0.1, 0.15) is 38.7 Å². The van der Waals surface area contributed by atoms with Crippen LogP contribution in [0.2, 0.25) is 0 Å². The van der Waals surface area contributed by atoms with Crippen molar-refractivity contribution in [2.24, 2.45) is 11.8 Å². The third kappa shape index (κ3) is 4.20. The number of benzene rings is 1. The zero-order valence-electron chi connectivity index (χ0n) is 11.7. The van der Waals surface area contributed by atoms with E-state index in [9.17, 15) is 4.79 Å². The van der Waals surface area contributed by atoms with Gasteiger partial charge in [0, 0.05) is 23.1 Å². The smallest absolute Gasteiger partial charge is 0.222 e. The van der Waals surface area contributed by atoms with Gasteiger partial charge in [0.25, 0.3) is 0 Å². The zero-order chi connectivity index (χ0) is 13.8. The van der Waals surface area contributed by atoms with Crippen molar-refractivity contribution in [3.8, 4) is 0 Å². The summed E-state index contributed by atoms with van der Waals surface area (Å²) < 4.78 is 1.24. The van der Waals surface area contributed by atoms with E-state index in [-0.39, 0.29) is 0 Å². The van der Waals surface area contributed by atoms with Gasteiger partial charge >= 0.3 is 0 Å². The molecule has 1 atom stereocenters. The standard InChI is InChI=1S/C16H22INO/c1-12(2)14-5-8-16(19)18(10-9-14)11-13-3-6-15(17)7-4-13/h3-4,6-7,12,14H,5,8-11H2,1-2H3. The van der Waals surface area contributed by atoms with Crippen LogP contribution in [0.15, 0.2) is 24.3 Å². The number of amides is 1. The van der Waals surface area contributed by atoms with E-state index in [0.29, 0.717) is 24.2 Å². The van der Waals surface area contributed by atoms with Gasteiger partial charge in [0.1, 0.15) is 0 Å². The average Bonchev–Trinajstić information content (AvgIpc) is 2.55. The molecule has 1 aliphatic rings. The molecule has 3 heteroatoms. The number of nitrogens with zero attached hydrogens (tertiary/aromatic N) is 1. The lowest BCUT2D eigenvalue weighted by Crippen LogP contribution is -2.29. The van der Waals surface area contributed by atoms with Crippen molar-refractivity contribution in [1.82, 2.24) is 4.90 Å². The van der Waals surface area contributed by atoms with E-state index < -0.39 is 0 Å². The van der Waals surface area contributed by atoms with Gasteiger partial charge in [-0.3, -0.25) is 4.79 Å². The number of carbonyl (C=O) groups excluding carboxylic acids is 1. The number of halogens is 1. The van der Waals surface area contributed by atoms with Crippen LogP contribution < -0.4 is 0 Å². The largest absolute Gasteiger partial charge is 0.338 e. The second kappa shape index (κ2) is 6.73. The first-order chi connectivity index (χ1) is 9.06. The van der Waals surface area contributed by atoms with Gasteiger partial charge in [-0.1, -0.05) is 26.0 Å². The van der Waals surface area contributed by atoms with Crippen LogP contribution in [0.4, 0.5) is 0 Å². The van der Waals surface area contributed by atoms with E-state index in [2.05, 4.69) is 60.7 Å². The van der Waals surface area contributed by atoms with Gasteiger partial charge in [-0.15, -0.1) is 0 Å². The second-order valence-electron chi connectivity index (χ2n) is 5.77. The van der Waals surface area contributed by atoms with E-state index in [4.69, 9.17) is 0 Å². The number of likely N-dealkylation sites (tertiary alicyclic amines) is 1. The molecule has 104 valence electrons. The minimum absolute atomic E-state index is 0.321. The summed E-state index contributed by atoms with van der Waals surface area (Å²) >= 11 is 2.31. The van der Waals surface area contributed by atoms with E-state index in [1.54, 1.807) is 0 Å². The first-order valence-corrected chi connectivity index (χ1v) is 8.16. The van der Waals surface area contributed by atoms with Crippen molar-refractivity contribution in [2.75, 3.05) is 6.54 Å². The first-order valence-electron chi connectivity index (χ1n) is 7.08. The molecule has 0 aliphatic carbocycles. The van der Waals surface area contributed by atoms with Gasteiger partial charge in [0.2, 0.25) is 5.91 Å². The molecule has 2 rings (SSSR count). The van der Waals surface area contributed by atoms with Crippen LogP contribution in [-0.2, 0) is 11.3 Å². The van der Waals surface area contributed by atoms with E-state index in [0.717, 1.165) is 25.9 Å². The Hall–Kier alpha value is -0.580. The predicted octanol–water partition coefficient (Wildman–Crippen LogP) is 4.08. The van der Waals surface area contributed by atoms with Crippen molar-refractivity contribution < 1.29 is 4.79 Å². The maximum absolute atomic E-state index is 12.2. The van der Waals surface area contributed by atoms with Gasteiger partial charge in [-0.2, -0.15) is 0 Å². The number of hydrogen-bond acceptors (Lipinski definition) is 1. The molecule has 1 aliphatic heterocycles. The summed E-state index contributed by atoms with van der Waals surface area (Å²) in [5.41, 5.74) is 1.23. The van der Waals surface area contributed by atoms with Crippen LogP contribution in [0.5, 0.6) is 0 Å². The molecule has 0 spiro atoms. The van der Waals surface area contributed by atoms with Crippen molar-refractivity contribution in [2.45, 2.75) is 39.7 Å². The first kappa shape index (κ1) is 14.8. The quantitative estimate of drug-likeness (QED) is 0.734. The van der Waals surface area contributed by atoms with Gasteiger partial charge in [0.15, 0.2) is 0 Å². The van der Waals surface area contributed by atoms with Crippen molar-refractivity contribution in [3.05, 3.63) is 33.4 Å². The molecule has 1 aromatic carbocycles. The van der Waals surface area contributed by atoms with Gasteiger partial charge in [0.05, 0.1) is 0 Å².